The Morgan fingerprint density at radius 2 is 1.90 bits per heavy atom. The average molecular weight is 144 g/mol. The minimum atomic E-state index is -0.0556. The summed E-state index contributed by atoms with van der Waals surface area (Å²) in [7, 11) is 0. The number of hydrogen-bond acceptors (Lipinski definition) is 1. The Balaban J connectivity index is 3.16. The van der Waals surface area contributed by atoms with Crippen LogP contribution >= 0.6 is 0 Å². The summed E-state index contributed by atoms with van der Waals surface area (Å²) in [4.78, 5) is 0. The monoisotopic (exact) mass is 144 g/mol. The molecule has 0 aliphatic heterocycles. The zero-order valence-electron chi connectivity index (χ0n) is 7.43. The third kappa shape index (κ3) is 6.09. The Hall–Kier alpha value is -0.0400. The van der Waals surface area contributed by atoms with Crippen LogP contribution in [-0.2, 0) is 0 Å². The highest BCUT2D eigenvalue weighted by molar-refractivity contribution is 4.57. The fourth-order valence-electron chi connectivity index (χ4n) is 1.10. The molecule has 0 unspecified atom stereocenters. The summed E-state index contributed by atoms with van der Waals surface area (Å²) in [6, 6.07) is 0. The van der Waals surface area contributed by atoms with Gasteiger partial charge < -0.3 is 5.11 Å². The first-order valence-corrected chi connectivity index (χ1v) is 4.34. The first kappa shape index (κ1) is 9.96. The van der Waals surface area contributed by atoms with Crippen molar-refractivity contribution in [1.82, 2.24) is 0 Å². The predicted octanol–water partition coefficient (Wildman–Crippen LogP) is 2.58. The zero-order valence-corrected chi connectivity index (χ0v) is 7.43. The number of unbranched alkanes of at least 4 members (excludes halogenated alkanes) is 1. The molecule has 0 aromatic carbocycles. The van der Waals surface area contributed by atoms with E-state index in [0.29, 0.717) is 5.92 Å². The van der Waals surface area contributed by atoms with Crippen molar-refractivity contribution in [3.8, 4) is 0 Å². The number of aliphatic hydroxyl groups is 1. The lowest BCUT2D eigenvalue weighted by molar-refractivity contribution is 0.136. The average Bonchev–Trinajstić information content (AvgIpc) is 1.82. The maximum atomic E-state index is 9.35. The number of hydrogen-bond donors (Lipinski definition) is 1. The first-order chi connectivity index (χ1) is 4.66. The van der Waals surface area contributed by atoms with E-state index in [1.165, 1.54) is 6.42 Å². The van der Waals surface area contributed by atoms with Crippen LogP contribution in [0.2, 0.25) is 0 Å². The van der Waals surface area contributed by atoms with E-state index in [-0.39, 0.29) is 6.10 Å². The van der Waals surface area contributed by atoms with Gasteiger partial charge in [-0.25, -0.2) is 0 Å². The molecule has 0 aromatic heterocycles. The molecule has 0 aliphatic carbocycles. The second kappa shape index (κ2) is 5.72. The maximum absolute atomic E-state index is 9.35. The third-order valence-electron chi connectivity index (χ3n) is 1.63. The molecule has 62 valence electrons. The summed E-state index contributed by atoms with van der Waals surface area (Å²) in [5.41, 5.74) is 0. The lowest BCUT2D eigenvalue weighted by Crippen LogP contribution is -2.09. The predicted molar refractivity (Wildman–Crippen MR) is 45.0 cm³/mol. The second-order valence-corrected chi connectivity index (χ2v) is 3.43. The number of rotatable bonds is 5. The SMILES string of the molecule is CCCC[C@@H](O)CC(C)C. The Bertz CT molecular complexity index is 69.1. The van der Waals surface area contributed by atoms with Crippen LogP contribution in [0.5, 0.6) is 0 Å². The van der Waals surface area contributed by atoms with Gasteiger partial charge in [0.05, 0.1) is 6.10 Å². The third-order valence-corrected chi connectivity index (χ3v) is 1.63. The van der Waals surface area contributed by atoms with Crippen molar-refractivity contribution in [3.05, 3.63) is 0 Å². The van der Waals surface area contributed by atoms with Gasteiger partial charge in [-0.3, -0.25) is 0 Å². The van der Waals surface area contributed by atoms with Gasteiger partial charge in [0.25, 0.3) is 0 Å². The lowest BCUT2D eigenvalue weighted by atomic mass is 10.0. The highest BCUT2D eigenvalue weighted by Gasteiger charge is 2.04. The van der Waals surface area contributed by atoms with Crippen molar-refractivity contribution in [1.29, 1.82) is 0 Å². The molecule has 1 N–H and O–H groups in total. The van der Waals surface area contributed by atoms with E-state index in [9.17, 15) is 5.11 Å². The Kier molecular flexibility index (Phi) is 5.70. The molecule has 1 heteroatoms. The van der Waals surface area contributed by atoms with Crippen LogP contribution in [0.1, 0.15) is 46.5 Å². The van der Waals surface area contributed by atoms with E-state index in [2.05, 4.69) is 20.8 Å². The van der Waals surface area contributed by atoms with Crippen molar-refractivity contribution in [2.75, 3.05) is 0 Å². The van der Waals surface area contributed by atoms with E-state index in [4.69, 9.17) is 0 Å². The normalized spacial score (nSPS) is 14.1. The smallest absolute Gasteiger partial charge is 0.0542 e. The van der Waals surface area contributed by atoms with Gasteiger partial charge in [-0.1, -0.05) is 33.6 Å². The van der Waals surface area contributed by atoms with Crippen LogP contribution < -0.4 is 0 Å². The summed E-state index contributed by atoms with van der Waals surface area (Å²) in [6.07, 6.45) is 4.23. The summed E-state index contributed by atoms with van der Waals surface area (Å²) >= 11 is 0. The van der Waals surface area contributed by atoms with Crippen molar-refractivity contribution >= 4 is 0 Å². The minimum Gasteiger partial charge on any atom is -0.393 e. The van der Waals surface area contributed by atoms with Crippen molar-refractivity contribution in [2.45, 2.75) is 52.6 Å². The molecule has 0 amide bonds. The Labute approximate surface area is 64.5 Å². The summed E-state index contributed by atoms with van der Waals surface area (Å²) in [5, 5.41) is 9.35. The molecule has 10 heavy (non-hydrogen) atoms. The fourth-order valence-corrected chi connectivity index (χ4v) is 1.10. The van der Waals surface area contributed by atoms with E-state index >= 15 is 0 Å². The molecule has 0 fully saturated rings. The molecule has 0 saturated carbocycles. The van der Waals surface area contributed by atoms with Crippen LogP contribution in [-0.4, -0.2) is 11.2 Å². The van der Waals surface area contributed by atoms with E-state index in [1.54, 1.807) is 0 Å². The van der Waals surface area contributed by atoms with Crippen LogP contribution in [0.15, 0.2) is 0 Å². The maximum Gasteiger partial charge on any atom is 0.0542 e. The van der Waals surface area contributed by atoms with Gasteiger partial charge in [0.1, 0.15) is 0 Å². The summed E-state index contributed by atoms with van der Waals surface area (Å²) in [5.74, 6) is 0.631. The van der Waals surface area contributed by atoms with Crippen molar-refractivity contribution < 1.29 is 5.11 Å². The van der Waals surface area contributed by atoms with Crippen molar-refractivity contribution in [3.63, 3.8) is 0 Å². The highest BCUT2D eigenvalue weighted by Crippen LogP contribution is 2.09. The molecule has 0 rings (SSSR count). The second-order valence-electron chi connectivity index (χ2n) is 3.43. The van der Waals surface area contributed by atoms with E-state index in [0.717, 1.165) is 19.3 Å². The quantitative estimate of drug-likeness (QED) is 0.628. The molecule has 0 heterocycles. The molecular formula is C9H20O. The highest BCUT2D eigenvalue weighted by atomic mass is 16.3. The minimum absolute atomic E-state index is 0.0556. The molecule has 0 spiro atoms. The topological polar surface area (TPSA) is 20.2 Å². The van der Waals surface area contributed by atoms with Gasteiger partial charge in [-0.05, 0) is 18.8 Å². The largest absolute Gasteiger partial charge is 0.393 e. The Morgan fingerprint density at radius 3 is 2.30 bits per heavy atom. The lowest BCUT2D eigenvalue weighted by Gasteiger charge is -2.11. The standard InChI is InChI=1S/C9H20O/c1-4-5-6-9(10)7-8(2)3/h8-10H,4-7H2,1-3H3/t9-/m1/s1. The molecule has 1 atom stereocenters. The van der Waals surface area contributed by atoms with Gasteiger partial charge >= 0.3 is 0 Å². The Morgan fingerprint density at radius 1 is 1.30 bits per heavy atom. The van der Waals surface area contributed by atoms with Crippen molar-refractivity contribution in [2.24, 2.45) is 5.92 Å². The van der Waals surface area contributed by atoms with Gasteiger partial charge in [-0.2, -0.15) is 0 Å². The molecule has 0 aliphatic rings. The van der Waals surface area contributed by atoms with Crippen LogP contribution in [0.25, 0.3) is 0 Å². The van der Waals surface area contributed by atoms with E-state index in [1.807, 2.05) is 0 Å². The molecule has 0 aromatic rings. The molecule has 0 saturated heterocycles. The van der Waals surface area contributed by atoms with Crippen LogP contribution in [0.4, 0.5) is 0 Å². The van der Waals surface area contributed by atoms with E-state index < -0.39 is 0 Å². The fraction of sp³-hybridized carbons (Fsp3) is 1.00. The molecule has 1 nitrogen and oxygen atoms in total. The van der Waals surface area contributed by atoms with Crippen LogP contribution in [0, 0.1) is 5.92 Å². The molecular weight excluding hydrogens is 124 g/mol. The van der Waals surface area contributed by atoms with Gasteiger partial charge in [-0.15, -0.1) is 0 Å². The van der Waals surface area contributed by atoms with Gasteiger partial charge in [0, 0.05) is 0 Å². The number of aliphatic hydroxyl groups excluding tert-OH is 1. The molecule has 0 bridgehead atoms. The van der Waals surface area contributed by atoms with Gasteiger partial charge in [0.15, 0.2) is 0 Å². The zero-order chi connectivity index (χ0) is 7.98. The van der Waals surface area contributed by atoms with Gasteiger partial charge in [0.2, 0.25) is 0 Å². The first-order valence-electron chi connectivity index (χ1n) is 4.34. The summed E-state index contributed by atoms with van der Waals surface area (Å²) < 4.78 is 0. The summed E-state index contributed by atoms with van der Waals surface area (Å²) in [6.45, 7) is 6.45. The molecule has 0 radical (unpaired) electrons. The van der Waals surface area contributed by atoms with Crippen LogP contribution in [0.3, 0.4) is 0 Å².